The average molecular weight is 382 g/mol. The summed E-state index contributed by atoms with van der Waals surface area (Å²) in [7, 11) is 0. The third-order valence-electron chi connectivity index (χ3n) is 2.25. The molecule has 0 amide bonds. The van der Waals surface area contributed by atoms with Gasteiger partial charge in [0, 0.05) is 11.8 Å². The Kier molecular flexibility index (Phi) is 4.56. The molecule has 0 aliphatic heterocycles. The van der Waals surface area contributed by atoms with Crippen molar-refractivity contribution in [2.45, 2.75) is 16.8 Å². The Morgan fingerprint density at radius 3 is 2.00 bits per heavy atom. The van der Waals surface area contributed by atoms with Gasteiger partial charge in [0.2, 0.25) is 5.16 Å². The van der Waals surface area contributed by atoms with Gasteiger partial charge in [-0.1, -0.05) is 23.2 Å². The van der Waals surface area contributed by atoms with Crippen LogP contribution < -0.4 is 0 Å². The van der Waals surface area contributed by atoms with E-state index in [1.807, 2.05) is 0 Å². The molecule has 0 spiro atoms. The molecule has 0 bridgehead atoms. The van der Waals surface area contributed by atoms with Crippen molar-refractivity contribution in [2.24, 2.45) is 0 Å². The number of benzene rings is 1. The van der Waals surface area contributed by atoms with E-state index in [1.54, 1.807) is 0 Å². The Hall–Kier alpha value is -1.13. The third-order valence-corrected chi connectivity index (χ3v) is 3.43. The van der Waals surface area contributed by atoms with Gasteiger partial charge >= 0.3 is 11.7 Å². The Morgan fingerprint density at radius 1 is 1.00 bits per heavy atom. The van der Waals surface area contributed by atoms with E-state index in [2.05, 4.69) is 10.1 Å². The SMILES string of the molecule is FC(F)(F)Sc1ncn(-c2c(Cl)cc(C(F)(F)F)cc2Cl)n1. The number of aromatic nitrogens is 3. The van der Waals surface area contributed by atoms with E-state index in [4.69, 9.17) is 23.2 Å². The van der Waals surface area contributed by atoms with Crippen molar-refractivity contribution in [1.82, 2.24) is 14.8 Å². The summed E-state index contributed by atoms with van der Waals surface area (Å²) >= 11 is 10.9. The highest BCUT2D eigenvalue weighted by Gasteiger charge is 2.33. The number of hydrogen-bond donors (Lipinski definition) is 0. The van der Waals surface area contributed by atoms with Crippen molar-refractivity contribution >= 4 is 35.0 Å². The molecule has 0 fully saturated rings. The van der Waals surface area contributed by atoms with Gasteiger partial charge in [0.1, 0.15) is 12.0 Å². The van der Waals surface area contributed by atoms with Crippen molar-refractivity contribution in [3.63, 3.8) is 0 Å². The molecule has 120 valence electrons. The summed E-state index contributed by atoms with van der Waals surface area (Å²) in [6, 6.07) is 1.20. The van der Waals surface area contributed by atoms with Gasteiger partial charge in [-0.05, 0) is 12.1 Å². The highest BCUT2D eigenvalue weighted by atomic mass is 35.5. The zero-order valence-electron chi connectivity index (χ0n) is 10.0. The molecule has 0 saturated heterocycles. The molecule has 2 rings (SSSR count). The first-order valence-corrected chi connectivity index (χ1v) is 6.78. The molecule has 0 radical (unpaired) electrons. The summed E-state index contributed by atoms with van der Waals surface area (Å²) in [6.45, 7) is 0. The van der Waals surface area contributed by atoms with E-state index in [0.717, 1.165) is 11.0 Å². The van der Waals surface area contributed by atoms with Crippen molar-refractivity contribution in [2.75, 3.05) is 0 Å². The van der Waals surface area contributed by atoms with Crippen LogP contribution in [-0.2, 0) is 6.18 Å². The van der Waals surface area contributed by atoms with Gasteiger partial charge in [-0.2, -0.15) is 26.3 Å². The standard InChI is InChI=1S/C10H3Cl2F6N3S/c11-5-1-4(9(13,14)15)2-6(12)7(5)21-3-19-8(20-21)22-10(16,17)18/h1-3H. The Bertz CT molecular complexity index is 674. The monoisotopic (exact) mass is 381 g/mol. The average Bonchev–Trinajstić information content (AvgIpc) is 2.72. The predicted molar refractivity (Wildman–Crippen MR) is 68.3 cm³/mol. The normalized spacial score (nSPS) is 12.7. The summed E-state index contributed by atoms with van der Waals surface area (Å²) in [5.74, 6) is 0. The summed E-state index contributed by atoms with van der Waals surface area (Å²) < 4.78 is 75.1. The maximum atomic E-state index is 12.6. The molecular weight excluding hydrogens is 379 g/mol. The smallest absolute Gasteiger partial charge is 0.217 e. The first-order valence-electron chi connectivity index (χ1n) is 5.21. The van der Waals surface area contributed by atoms with Crippen LogP contribution in [0.5, 0.6) is 0 Å². The fraction of sp³-hybridized carbons (Fsp3) is 0.200. The molecule has 22 heavy (non-hydrogen) atoms. The molecule has 0 aliphatic rings. The summed E-state index contributed by atoms with van der Waals surface area (Å²) in [4.78, 5) is 3.39. The Morgan fingerprint density at radius 2 is 1.55 bits per heavy atom. The van der Waals surface area contributed by atoms with Gasteiger partial charge in [0.25, 0.3) is 0 Å². The zero-order chi connectivity index (χ0) is 16.7. The van der Waals surface area contributed by atoms with Crippen molar-refractivity contribution in [1.29, 1.82) is 0 Å². The highest BCUT2D eigenvalue weighted by molar-refractivity contribution is 8.00. The maximum Gasteiger partial charge on any atom is 0.449 e. The summed E-state index contributed by atoms with van der Waals surface area (Å²) in [5.41, 5.74) is -5.88. The first kappa shape index (κ1) is 17.2. The number of thioether (sulfide) groups is 1. The van der Waals surface area contributed by atoms with E-state index in [-0.39, 0.29) is 5.69 Å². The largest absolute Gasteiger partial charge is 0.449 e. The highest BCUT2D eigenvalue weighted by Crippen LogP contribution is 2.38. The summed E-state index contributed by atoms with van der Waals surface area (Å²) in [6.07, 6.45) is -3.79. The van der Waals surface area contributed by atoms with Gasteiger partial charge in [0.05, 0.1) is 15.6 Å². The minimum absolute atomic E-state index is 0.196. The molecule has 12 heteroatoms. The van der Waals surface area contributed by atoms with Crippen LogP contribution in [0.1, 0.15) is 5.56 Å². The molecule has 0 aliphatic carbocycles. The lowest BCUT2D eigenvalue weighted by atomic mass is 10.2. The molecule has 1 heterocycles. The molecule has 3 nitrogen and oxygen atoms in total. The minimum Gasteiger partial charge on any atom is -0.217 e. The van der Waals surface area contributed by atoms with Gasteiger partial charge in [-0.25, -0.2) is 9.67 Å². The second-order valence-corrected chi connectivity index (χ2v) is 5.65. The summed E-state index contributed by atoms with van der Waals surface area (Å²) in [5, 5.41) is 1.99. The Balaban J connectivity index is 2.42. The first-order chi connectivity index (χ1) is 9.97. The van der Waals surface area contributed by atoms with Crippen molar-refractivity contribution in [3.8, 4) is 5.69 Å². The number of alkyl halides is 6. The van der Waals surface area contributed by atoms with Crippen LogP contribution in [0.15, 0.2) is 23.6 Å². The molecule has 0 atom stereocenters. The maximum absolute atomic E-state index is 12.6. The van der Waals surface area contributed by atoms with Crippen LogP contribution in [0.25, 0.3) is 5.69 Å². The number of halogens is 8. The molecular formula is C10H3Cl2F6N3S. The van der Waals surface area contributed by atoms with Crippen LogP contribution in [0.4, 0.5) is 26.3 Å². The van der Waals surface area contributed by atoms with Crippen LogP contribution in [0.2, 0.25) is 10.0 Å². The fourth-order valence-corrected chi connectivity index (χ4v) is 2.55. The van der Waals surface area contributed by atoms with Gasteiger partial charge < -0.3 is 0 Å². The molecule has 1 aromatic heterocycles. The molecule has 2 aromatic rings. The van der Waals surface area contributed by atoms with Gasteiger partial charge in [-0.15, -0.1) is 5.10 Å². The van der Waals surface area contributed by atoms with Gasteiger partial charge in [0.15, 0.2) is 0 Å². The lowest BCUT2D eigenvalue weighted by Gasteiger charge is -2.11. The fourth-order valence-electron chi connectivity index (χ4n) is 1.45. The molecule has 0 N–H and O–H groups in total. The second kappa shape index (κ2) is 5.82. The minimum atomic E-state index is -4.66. The van der Waals surface area contributed by atoms with E-state index >= 15 is 0 Å². The lowest BCUT2D eigenvalue weighted by Crippen LogP contribution is -2.07. The predicted octanol–water partition coefficient (Wildman–Crippen LogP) is 5.20. The number of hydrogen-bond acceptors (Lipinski definition) is 3. The molecule has 0 saturated carbocycles. The lowest BCUT2D eigenvalue weighted by molar-refractivity contribution is -0.137. The topological polar surface area (TPSA) is 30.7 Å². The third kappa shape index (κ3) is 3.99. The van der Waals surface area contributed by atoms with E-state index in [0.29, 0.717) is 12.1 Å². The van der Waals surface area contributed by atoms with Crippen LogP contribution in [0, 0.1) is 0 Å². The van der Waals surface area contributed by atoms with Crippen LogP contribution >= 0.6 is 35.0 Å². The quantitative estimate of drug-likeness (QED) is 0.528. The van der Waals surface area contributed by atoms with Crippen molar-refractivity contribution in [3.05, 3.63) is 34.1 Å². The number of rotatable bonds is 2. The molecule has 1 aromatic carbocycles. The van der Waals surface area contributed by atoms with E-state index in [1.165, 1.54) is 0 Å². The van der Waals surface area contributed by atoms with Crippen LogP contribution in [-0.4, -0.2) is 20.3 Å². The second-order valence-electron chi connectivity index (χ2n) is 3.81. The van der Waals surface area contributed by atoms with E-state index in [9.17, 15) is 26.3 Å². The molecule has 0 unspecified atom stereocenters. The number of nitrogens with zero attached hydrogens (tertiary/aromatic N) is 3. The van der Waals surface area contributed by atoms with Gasteiger partial charge in [-0.3, -0.25) is 0 Å². The zero-order valence-corrected chi connectivity index (χ0v) is 12.3. The van der Waals surface area contributed by atoms with E-state index < -0.39 is 44.2 Å². The van der Waals surface area contributed by atoms with Crippen molar-refractivity contribution < 1.29 is 26.3 Å². The van der Waals surface area contributed by atoms with Crippen LogP contribution in [0.3, 0.4) is 0 Å². The Labute approximate surface area is 133 Å².